The van der Waals surface area contributed by atoms with E-state index in [4.69, 9.17) is 0 Å². The smallest absolute Gasteiger partial charge is 0.156 e. The number of fused-ring (bicyclic) bond motifs is 1. The molecule has 3 aromatic rings. The first-order valence-electron chi connectivity index (χ1n) is 8.74. The van der Waals surface area contributed by atoms with Gasteiger partial charge in [-0.25, -0.2) is 15.0 Å². The Balaban J connectivity index is 1.48. The van der Waals surface area contributed by atoms with Crippen molar-refractivity contribution in [2.75, 3.05) is 18.4 Å². The minimum atomic E-state index is 0.367. The molecule has 1 unspecified atom stereocenters. The Labute approximate surface area is 147 Å². The summed E-state index contributed by atoms with van der Waals surface area (Å²) in [6, 6.07) is 8.48. The van der Waals surface area contributed by atoms with Crippen LogP contribution in [-0.2, 0) is 6.54 Å². The Bertz CT molecular complexity index is 851. The number of nitrogens with one attached hydrogen (secondary N) is 1. The zero-order valence-corrected chi connectivity index (χ0v) is 14.4. The maximum absolute atomic E-state index is 4.62. The summed E-state index contributed by atoms with van der Waals surface area (Å²) in [6.45, 7) is 5.04. The molecule has 1 aliphatic rings. The predicted octanol–water partition coefficient (Wildman–Crippen LogP) is 2.80. The second-order valence-corrected chi connectivity index (χ2v) is 6.62. The molecule has 25 heavy (non-hydrogen) atoms. The van der Waals surface area contributed by atoms with E-state index < -0.39 is 0 Å². The van der Waals surface area contributed by atoms with Gasteiger partial charge in [-0.15, -0.1) is 0 Å². The Morgan fingerprint density at radius 2 is 2.20 bits per heavy atom. The SMILES string of the molecule is Cc1ccc2ncnc(NC3CCCN(Cc4cccnc4)C3)c2n1. The number of pyridine rings is 2. The minimum Gasteiger partial charge on any atom is -0.364 e. The Morgan fingerprint density at radius 3 is 3.08 bits per heavy atom. The molecule has 1 fully saturated rings. The second-order valence-electron chi connectivity index (χ2n) is 6.62. The molecule has 1 N–H and O–H groups in total. The lowest BCUT2D eigenvalue weighted by molar-refractivity contribution is 0.208. The molecular weight excluding hydrogens is 312 g/mol. The molecule has 0 saturated carbocycles. The van der Waals surface area contributed by atoms with E-state index in [-0.39, 0.29) is 0 Å². The third-order valence-corrected chi connectivity index (χ3v) is 4.60. The molecule has 4 rings (SSSR count). The fourth-order valence-corrected chi connectivity index (χ4v) is 3.40. The van der Waals surface area contributed by atoms with Gasteiger partial charge in [0.05, 0.1) is 5.52 Å². The first-order chi connectivity index (χ1) is 12.3. The number of nitrogens with zero attached hydrogens (tertiary/aromatic N) is 5. The number of aryl methyl sites for hydroxylation is 1. The van der Waals surface area contributed by atoms with Crippen LogP contribution in [0.2, 0.25) is 0 Å². The van der Waals surface area contributed by atoms with Crippen molar-refractivity contribution in [1.82, 2.24) is 24.8 Å². The van der Waals surface area contributed by atoms with Crippen molar-refractivity contribution in [3.05, 3.63) is 54.2 Å². The van der Waals surface area contributed by atoms with Crippen molar-refractivity contribution in [2.24, 2.45) is 0 Å². The lowest BCUT2D eigenvalue weighted by Gasteiger charge is -2.33. The van der Waals surface area contributed by atoms with Gasteiger partial charge in [-0.2, -0.15) is 0 Å². The summed E-state index contributed by atoms with van der Waals surface area (Å²) in [4.78, 5) is 20.1. The summed E-state index contributed by atoms with van der Waals surface area (Å²) in [5, 5.41) is 3.60. The maximum atomic E-state index is 4.62. The normalized spacial score (nSPS) is 18.4. The van der Waals surface area contributed by atoms with Crippen LogP contribution in [0.1, 0.15) is 24.1 Å². The minimum absolute atomic E-state index is 0.367. The van der Waals surface area contributed by atoms with Crippen molar-refractivity contribution < 1.29 is 0 Å². The van der Waals surface area contributed by atoms with Gasteiger partial charge in [0.2, 0.25) is 0 Å². The van der Waals surface area contributed by atoms with Crippen molar-refractivity contribution in [3.8, 4) is 0 Å². The number of piperidine rings is 1. The van der Waals surface area contributed by atoms with Crippen molar-refractivity contribution in [1.29, 1.82) is 0 Å². The van der Waals surface area contributed by atoms with Gasteiger partial charge in [0.15, 0.2) is 5.82 Å². The Kier molecular flexibility index (Phi) is 4.52. The lowest BCUT2D eigenvalue weighted by atomic mass is 10.0. The van der Waals surface area contributed by atoms with Gasteiger partial charge in [-0.05, 0) is 50.1 Å². The van der Waals surface area contributed by atoms with E-state index in [0.29, 0.717) is 6.04 Å². The number of hydrogen-bond donors (Lipinski definition) is 1. The topological polar surface area (TPSA) is 66.8 Å². The molecule has 0 radical (unpaired) electrons. The van der Waals surface area contributed by atoms with Crippen LogP contribution in [0, 0.1) is 6.92 Å². The summed E-state index contributed by atoms with van der Waals surface area (Å²) >= 11 is 0. The molecule has 1 aliphatic heterocycles. The summed E-state index contributed by atoms with van der Waals surface area (Å²) in [5.74, 6) is 0.835. The maximum Gasteiger partial charge on any atom is 0.156 e. The van der Waals surface area contributed by atoms with Crippen molar-refractivity contribution >= 4 is 16.9 Å². The van der Waals surface area contributed by atoms with Crippen LogP contribution in [-0.4, -0.2) is 44.0 Å². The van der Waals surface area contributed by atoms with E-state index in [0.717, 1.165) is 48.6 Å². The molecule has 4 heterocycles. The standard InChI is InChI=1S/C19H22N6/c1-14-6-7-17-18(23-14)19(22-13-21-17)24-16-5-3-9-25(12-16)11-15-4-2-8-20-10-15/h2,4,6-8,10,13,16H,3,5,9,11-12H2,1H3,(H,21,22,24). The summed E-state index contributed by atoms with van der Waals surface area (Å²) < 4.78 is 0. The van der Waals surface area contributed by atoms with Crippen molar-refractivity contribution in [3.63, 3.8) is 0 Å². The van der Waals surface area contributed by atoms with E-state index in [1.54, 1.807) is 6.33 Å². The summed E-state index contributed by atoms with van der Waals surface area (Å²) in [6.07, 6.45) is 7.69. The highest BCUT2D eigenvalue weighted by Crippen LogP contribution is 2.21. The van der Waals surface area contributed by atoms with Gasteiger partial charge in [0.1, 0.15) is 11.8 Å². The first-order valence-corrected chi connectivity index (χ1v) is 8.74. The number of likely N-dealkylation sites (tertiary alicyclic amines) is 1. The number of aromatic nitrogens is 4. The number of hydrogen-bond acceptors (Lipinski definition) is 6. The average Bonchev–Trinajstić information content (AvgIpc) is 2.63. The Hall–Kier alpha value is -2.60. The zero-order valence-electron chi connectivity index (χ0n) is 14.4. The van der Waals surface area contributed by atoms with Crippen LogP contribution < -0.4 is 5.32 Å². The molecule has 0 amide bonds. The average molecular weight is 334 g/mol. The molecule has 0 aliphatic carbocycles. The van der Waals surface area contributed by atoms with Gasteiger partial charge in [-0.3, -0.25) is 9.88 Å². The van der Waals surface area contributed by atoms with Gasteiger partial charge >= 0.3 is 0 Å². The molecule has 3 aromatic heterocycles. The quantitative estimate of drug-likeness (QED) is 0.791. The second kappa shape index (κ2) is 7.11. The van der Waals surface area contributed by atoms with Gasteiger partial charge < -0.3 is 5.32 Å². The largest absolute Gasteiger partial charge is 0.364 e. The van der Waals surface area contributed by atoms with Crippen LogP contribution in [0.5, 0.6) is 0 Å². The van der Waals surface area contributed by atoms with Crippen LogP contribution in [0.25, 0.3) is 11.0 Å². The molecular formula is C19H22N6. The summed E-state index contributed by atoms with van der Waals surface area (Å²) in [7, 11) is 0. The number of rotatable bonds is 4. The third kappa shape index (κ3) is 3.74. The monoisotopic (exact) mass is 334 g/mol. The molecule has 6 heteroatoms. The summed E-state index contributed by atoms with van der Waals surface area (Å²) in [5.41, 5.74) is 3.97. The lowest BCUT2D eigenvalue weighted by Crippen LogP contribution is -2.41. The van der Waals surface area contributed by atoms with E-state index in [1.807, 2.05) is 37.5 Å². The molecule has 0 aromatic carbocycles. The van der Waals surface area contributed by atoms with Crippen LogP contribution in [0.4, 0.5) is 5.82 Å². The van der Waals surface area contributed by atoms with E-state index in [2.05, 4.69) is 36.2 Å². The van der Waals surface area contributed by atoms with E-state index >= 15 is 0 Å². The predicted molar refractivity (Wildman–Crippen MR) is 98.2 cm³/mol. The Morgan fingerprint density at radius 1 is 1.24 bits per heavy atom. The molecule has 0 bridgehead atoms. The highest BCUT2D eigenvalue weighted by Gasteiger charge is 2.21. The molecule has 6 nitrogen and oxygen atoms in total. The van der Waals surface area contributed by atoms with Gasteiger partial charge in [-0.1, -0.05) is 6.07 Å². The van der Waals surface area contributed by atoms with Gasteiger partial charge in [0.25, 0.3) is 0 Å². The fourth-order valence-electron chi connectivity index (χ4n) is 3.40. The van der Waals surface area contributed by atoms with Crippen LogP contribution in [0.15, 0.2) is 43.0 Å². The highest BCUT2D eigenvalue weighted by molar-refractivity contribution is 5.84. The number of anilines is 1. The van der Waals surface area contributed by atoms with Crippen molar-refractivity contribution in [2.45, 2.75) is 32.4 Å². The highest BCUT2D eigenvalue weighted by atomic mass is 15.2. The molecule has 0 spiro atoms. The van der Waals surface area contributed by atoms with E-state index in [9.17, 15) is 0 Å². The van der Waals surface area contributed by atoms with Crippen LogP contribution >= 0.6 is 0 Å². The first kappa shape index (κ1) is 15.9. The molecule has 128 valence electrons. The van der Waals surface area contributed by atoms with Crippen LogP contribution in [0.3, 0.4) is 0 Å². The fraction of sp³-hybridized carbons (Fsp3) is 0.368. The zero-order chi connectivity index (χ0) is 17.1. The van der Waals surface area contributed by atoms with E-state index in [1.165, 1.54) is 12.0 Å². The van der Waals surface area contributed by atoms with Gasteiger partial charge in [0, 0.05) is 37.2 Å². The molecule has 1 saturated heterocycles. The molecule has 1 atom stereocenters. The third-order valence-electron chi connectivity index (χ3n) is 4.60.